The van der Waals surface area contributed by atoms with E-state index in [1.807, 2.05) is 55.4 Å². The van der Waals surface area contributed by atoms with E-state index in [0.29, 0.717) is 47.5 Å². The summed E-state index contributed by atoms with van der Waals surface area (Å²) in [5, 5.41) is 0. The van der Waals surface area contributed by atoms with Crippen molar-refractivity contribution < 1.29 is 19.1 Å². The second-order valence-electron chi connectivity index (χ2n) is 9.23. The van der Waals surface area contributed by atoms with Crippen molar-refractivity contribution in [3.8, 4) is 0 Å². The minimum absolute atomic E-state index is 0.0208. The number of fused-ring (bicyclic) bond motifs is 3. The summed E-state index contributed by atoms with van der Waals surface area (Å²) in [6.45, 7) is 0. The van der Waals surface area contributed by atoms with E-state index in [0.717, 1.165) is 5.69 Å². The molecule has 2 aromatic rings. The van der Waals surface area contributed by atoms with E-state index >= 15 is 0 Å². The fourth-order valence-electron chi connectivity index (χ4n) is 5.65. The first kappa shape index (κ1) is 22.7. The number of anilines is 3. The average molecular weight is 473 g/mol. The Kier molecular flexibility index (Phi) is 5.20. The summed E-state index contributed by atoms with van der Waals surface area (Å²) in [5.41, 5.74) is 9.00. The Morgan fingerprint density at radius 1 is 1.06 bits per heavy atom. The minimum atomic E-state index is -1.64. The van der Waals surface area contributed by atoms with Gasteiger partial charge < -0.3 is 20.3 Å². The van der Waals surface area contributed by atoms with Crippen LogP contribution in [-0.2, 0) is 24.5 Å². The summed E-state index contributed by atoms with van der Waals surface area (Å²) in [4.78, 5) is 46.4. The Morgan fingerprint density at radius 2 is 1.74 bits per heavy atom. The number of amides is 1. The molecule has 3 aliphatic rings. The molecule has 2 aromatic carbocycles. The Labute approximate surface area is 204 Å². The number of rotatable bonds is 3. The number of ketones is 1. The number of Topliss-reactive ketones (excluding diaryl/α,β-unsaturated/α-hetero) is 1. The molecule has 8 nitrogen and oxygen atoms in total. The highest BCUT2D eigenvalue weighted by Crippen LogP contribution is 2.56. The van der Waals surface area contributed by atoms with Gasteiger partial charge >= 0.3 is 5.97 Å². The Morgan fingerprint density at radius 3 is 2.40 bits per heavy atom. The van der Waals surface area contributed by atoms with Crippen LogP contribution in [0.2, 0.25) is 0 Å². The molecule has 5 rings (SSSR count). The molecule has 2 N–H and O–H groups in total. The highest BCUT2D eigenvalue weighted by atomic mass is 16.5. The normalized spacial score (nSPS) is 21.5. The lowest BCUT2D eigenvalue weighted by molar-refractivity contribution is -0.138. The number of carbonyl (C=O) groups excluding carboxylic acids is 3. The molecule has 2 aliphatic heterocycles. The van der Waals surface area contributed by atoms with Gasteiger partial charge in [0.2, 0.25) is 5.91 Å². The molecule has 1 unspecified atom stereocenters. The first-order chi connectivity index (χ1) is 16.7. The molecule has 0 saturated heterocycles. The molecule has 0 aromatic heterocycles. The van der Waals surface area contributed by atoms with Crippen LogP contribution in [0.4, 0.5) is 17.1 Å². The molecular formula is C27H28N4O4. The van der Waals surface area contributed by atoms with Crippen molar-refractivity contribution in [3.05, 3.63) is 76.8 Å². The first-order valence-corrected chi connectivity index (χ1v) is 11.6. The second-order valence-corrected chi connectivity index (χ2v) is 9.23. The lowest BCUT2D eigenvalue weighted by Crippen LogP contribution is -2.54. The number of para-hydroxylation sites is 1. The van der Waals surface area contributed by atoms with Gasteiger partial charge in [-0.1, -0.05) is 18.2 Å². The van der Waals surface area contributed by atoms with Gasteiger partial charge in [-0.05, 0) is 43.2 Å². The van der Waals surface area contributed by atoms with Crippen LogP contribution in [0.1, 0.15) is 24.8 Å². The number of esters is 1. The summed E-state index contributed by atoms with van der Waals surface area (Å²) >= 11 is 0. The molecule has 2 heterocycles. The Hall–Kier alpha value is -4.07. The molecule has 1 amide bonds. The zero-order valence-corrected chi connectivity index (χ0v) is 20.3. The lowest BCUT2D eigenvalue weighted by atomic mass is 9.63. The van der Waals surface area contributed by atoms with Crippen molar-refractivity contribution in [2.45, 2.75) is 24.7 Å². The summed E-state index contributed by atoms with van der Waals surface area (Å²) in [7, 11) is 6.81. The molecule has 180 valence electrons. The van der Waals surface area contributed by atoms with Gasteiger partial charge in [-0.3, -0.25) is 14.5 Å². The maximum Gasteiger partial charge on any atom is 0.339 e. The number of hydrogen-bond donors (Lipinski definition) is 1. The van der Waals surface area contributed by atoms with Crippen LogP contribution in [0, 0.1) is 0 Å². The number of allylic oxidation sites excluding steroid dienone is 1. The fraction of sp³-hybridized carbons (Fsp3) is 0.296. The van der Waals surface area contributed by atoms with Crippen molar-refractivity contribution in [2.24, 2.45) is 5.73 Å². The highest BCUT2D eigenvalue weighted by molar-refractivity contribution is 6.24. The van der Waals surface area contributed by atoms with E-state index in [-0.39, 0.29) is 23.1 Å². The van der Waals surface area contributed by atoms with Gasteiger partial charge in [-0.2, -0.15) is 0 Å². The van der Waals surface area contributed by atoms with E-state index in [2.05, 4.69) is 0 Å². The average Bonchev–Trinajstić information content (AvgIpc) is 3.07. The summed E-state index contributed by atoms with van der Waals surface area (Å²) < 4.78 is 5.18. The van der Waals surface area contributed by atoms with Crippen molar-refractivity contribution in [3.63, 3.8) is 0 Å². The van der Waals surface area contributed by atoms with E-state index in [1.165, 1.54) is 12.0 Å². The quantitative estimate of drug-likeness (QED) is 0.686. The van der Waals surface area contributed by atoms with Crippen LogP contribution in [0.15, 0.2) is 71.2 Å². The zero-order chi connectivity index (χ0) is 25.1. The van der Waals surface area contributed by atoms with Gasteiger partial charge in [0, 0.05) is 61.5 Å². The Bertz CT molecular complexity index is 1320. The van der Waals surface area contributed by atoms with Crippen LogP contribution in [-0.4, -0.2) is 45.9 Å². The van der Waals surface area contributed by atoms with Crippen molar-refractivity contribution in [2.75, 3.05) is 43.0 Å². The molecule has 0 saturated carbocycles. The molecule has 0 radical (unpaired) electrons. The Balaban J connectivity index is 1.87. The fourth-order valence-corrected chi connectivity index (χ4v) is 5.65. The molecule has 0 fully saturated rings. The predicted octanol–water partition coefficient (Wildman–Crippen LogP) is 2.84. The standard InChI is InChI=1S/C27H28N4O4/c1-29(2)16-12-14-17(15-13-16)31-20-10-7-11-21(32)22(20)27(23(24(31)28)25(33)35-4)18-8-5-6-9-19(18)30(3)26(27)34/h5-6,8-9,12-15H,7,10-11,28H2,1-4H3. The van der Waals surface area contributed by atoms with Crippen LogP contribution >= 0.6 is 0 Å². The second kappa shape index (κ2) is 8.01. The van der Waals surface area contributed by atoms with Crippen LogP contribution in [0.25, 0.3) is 0 Å². The van der Waals surface area contributed by atoms with Crippen LogP contribution in [0.3, 0.4) is 0 Å². The third-order valence-electron chi connectivity index (χ3n) is 7.21. The number of ether oxygens (including phenoxy) is 1. The number of nitrogens with zero attached hydrogens (tertiary/aromatic N) is 3. The maximum atomic E-state index is 14.1. The monoisotopic (exact) mass is 472 g/mol. The molecule has 1 atom stereocenters. The SMILES string of the molecule is COC(=O)C1=C(N)N(c2ccc(N(C)C)cc2)C2=C(C(=O)CCC2)C12C(=O)N(C)c1ccccc12. The zero-order valence-electron chi connectivity index (χ0n) is 20.3. The first-order valence-electron chi connectivity index (χ1n) is 11.6. The number of benzene rings is 2. The van der Waals surface area contributed by atoms with E-state index in [4.69, 9.17) is 10.5 Å². The smallest absolute Gasteiger partial charge is 0.339 e. The number of carbonyl (C=O) groups is 3. The third-order valence-corrected chi connectivity index (χ3v) is 7.21. The van der Waals surface area contributed by atoms with Gasteiger partial charge in [0.25, 0.3) is 0 Å². The highest BCUT2D eigenvalue weighted by Gasteiger charge is 2.63. The molecule has 35 heavy (non-hydrogen) atoms. The predicted molar refractivity (Wildman–Crippen MR) is 134 cm³/mol. The molecule has 1 aliphatic carbocycles. The van der Waals surface area contributed by atoms with Crippen LogP contribution in [0.5, 0.6) is 0 Å². The molecular weight excluding hydrogens is 444 g/mol. The van der Waals surface area contributed by atoms with E-state index in [1.54, 1.807) is 24.1 Å². The van der Waals surface area contributed by atoms with Gasteiger partial charge in [0.15, 0.2) is 5.78 Å². The van der Waals surface area contributed by atoms with Gasteiger partial charge in [0.1, 0.15) is 16.8 Å². The van der Waals surface area contributed by atoms with Gasteiger partial charge in [-0.15, -0.1) is 0 Å². The number of likely N-dealkylation sites (N-methyl/N-ethyl adjacent to an activating group) is 1. The number of hydrogen-bond acceptors (Lipinski definition) is 7. The largest absolute Gasteiger partial charge is 0.466 e. The molecule has 0 bridgehead atoms. The maximum absolute atomic E-state index is 14.1. The summed E-state index contributed by atoms with van der Waals surface area (Å²) in [6, 6.07) is 14.9. The lowest BCUT2D eigenvalue weighted by Gasteiger charge is -2.44. The molecule has 8 heteroatoms. The van der Waals surface area contributed by atoms with Crippen molar-refractivity contribution >= 4 is 34.7 Å². The number of nitrogens with two attached hydrogens (primary N) is 1. The van der Waals surface area contributed by atoms with Gasteiger partial charge in [-0.25, -0.2) is 4.79 Å². The summed E-state index contributed by atoms with van der Waals surface area (Å²) in [5.74, 6) is -1.18. The topological polar surface area (TPSA) is 96.2 Å². The van der Waals surface area contributed by atoms with E-state index < -0.39 is 11.4 Å². The molecule has 1 spiro atoms. The third kappa shape index (κ3) is 2.95. The van der Waals surface area contributed by atoms with Crippen molar-refractivity contribution in [1.82, 2.24) is 0 Å². The summed E-state index contributed by atoms with van der Waals surface area (Å²) in [6.07, 6.45) is 1.47. The van der Waals surface area contributed by atoms with Crippen LogP contribution < -0.4 is 20.4 Å². The van der Waals surface area contributed by atoms with E-state index in [9.17, 15) is 14.4 Å². The minimum Gasteiger partial charge on any atom is -0.466 e. The van der Waals surface area contributed by atoms with Crippen molar-refractivity contribution in [1.29, 1.82) is 0 Å². The number of methoxy groups -OCH3 is 1. The van der Waals surface area contributed by atoms with Gasteiger partial charge in [0.05, 0.1) is 7.11 Å².